The first-order valence-electron chi connectivity index (χ1n) is 19.5. The number of allylic oxidation sites excluding steroid dienone is 7. The number of hydrogen-bond donors (Lipinski definition) is 1. The molecule has 0 bridgehead atoms. The van der Waals surface area contributed by atoms with Gasteiger partial charge in [-0.3, -0.25) is 0 Å². The molecule has 0 atom stereocenters. The third kappa shape index (κ3) is 9.60. The molecule has 1 heterocycles. The van der Waals surface area contributed by atoms with E-state index in [1.165, 1.54) is 21.9 Å². The van der Waals surface area contributed by atoms with Crippen molar-refractivity contribution in [3.63, 3.8) is 0 Å². The van der Waals surface area contributed by atoms with Gasteiger partial charge in [-0.1, -0.05) is 189 Å². The molecule has 7 rings (SSSR count). The second kappa shape index (κ2) is 20.8. The van der Waals surface area contributed by atoms with Crippen LogP contribution in [-0.2, 0) is 0 Å². The van der Waals surface area contributed by atoms with Gasteiger partial charge in [-0.2, -0.15) is 0 Å². The number of hydrogen-bond acceptors (Lipinski definition) is 2. The lowest BCUT2D eigenvalue weighted by atomic mass is 9.93. The molecule has 0 aromatic heterocycles. The van der Waals surface area contributed by atoms with Gasteiger partial charge in [-0.05, 0) is 103 Å². The number of anilines is 1. The second-order valence-corrected chi connectivity index (χ2v) is 12.2. The highest BCUT2D eigenvalue weighted by Gasteiger charge is 2.19. The van der Waals surface area contributed by atoms with E-state index in [0.717, 1.165) is 67.7 Å². The van der Waals surface area contributed by atoms with Crippen molar-refractivity contribution in [3.05, 3.63) is 212 Å². The summed E-state index contributed by atoms with van der Waals surface area (Å²) >= 11 is 0. The molecule has 0 saturated heterocycles. The molecule has 2 heteroatoms. The first kappa shape index (κ1) is 41.4. The third-order valence-corrected chi connectivity index (χ3v) is 9.13. The fourth-order valence-corrected chi connectivity index (χ4v) is 6.63. The van der Waals surface area contributed by atoms with E-state index in [1.54, 1.807) is 12.3 Å². The van der Waals surface area contributed by atoms with Crippen LogP contribution in [0, 0.1) is 0 Å². The molecular formula is C53H56N2. The predicted octanol–water partition coefficient (Wildman–Crippen LogP) is 15.3. The van der Waals surface area contributed by atoms with Crippen LogP contribution in [0.5, 0.6) is 0 Å². The molecule has 6 aromatic rings. The molecule has 1 aliphatic rings. The van der Waals surface area contributed by atoms with Gasteiger partial charge in [0.05, 0.1) is 0 Å². The molecule has 1 aliphatic heterocycles. The van der Waals surface area contributed by atoms with Crippen molar-refractivity contribution >= 4 is 50.2 Å². The van der Waals surface area contributed by atoms with Crippen LogP contribution in [0.2, 0.25) is 0 Å². The van der Waals surface area contributed by atoms with Gasteiger partial charge in [-0.15, -0.1) is 0 Å². The Kier molecular flexibility index (Phi) is 15.6. The fraction of sp³-hybridized carbons (Fsp3) is 0.132. The predicted molar refractivity (Wildman–Crippen MR) is 248 cm³/mol. The van der Waals surface area contributed by atoms with Gasteiger partial charge < -0.3 is 10.6 Å². The highest BCUT2D eigenvalue weighted by Crippen LogP contribution is 2.37. The summed E-state index contributed by atoms with van der Waals surface area (Å²) in [4.78, 5) is 2.15. The Labute approximate surface area is 330 Å². The zero-order valence-electron chi connectivity index (χ0n) is 33.5. The van der Waals surface area contributed by atoms with Crippen LogP contribution in [-0.4, -0.2) is 0 Å². The van der Waals surface area contributed by atoms with Crippen LogP contribution in [0.25, 0.3) is 55.6 Å². The normalized spacial score (nSPS) is 14.8. The number of fused-ring (bicyclic) bond motifs is 3. The molecule has 55 heavy (non-hydrogen) atoms. The van der Waals surface area contributed by atoms with Crippen LogP contribution in [0.4, 0.5) is 5.69 Å². The SMILES string of the molecule is C=C/C(=C\N)c1ccc2ccc(C3=C/C(=C)N(c4ccccc4)C(=C)c4ccc(-c5cccc6ccccc56)cc4/C=C\C/C=C\3)cc2c1.CC.CC.CC. The number of benzene rings is 6. The first-order valence-corrected chi connectivity index (χ1v) is 19.5. The van der Waals surface area contributed by atoms with Crippen molar-refractivity contribution in [2.24, 2.45) is 5.73 Å². The monoisotopic (exact) mass is 720 g/mol. The lowest BCUT2D eigenvalue weighted by Crippen LogP contribution is -2.19. The second-order valence-electron chi connectivity index (χ2n) is 12.2. The Morgan fingerprint density at radius 2 is 1.29 bits per heavy atom. The molecule has 0 saturated carbocycles. The first-order chi connectivity index (χ1) is 27.0. The molecule has 0 fully saturated rings. The molecule has 0 radical (unpaired) electrons. The van der Waals surface area contributed by atoms with E-state index in [4.69, 9.17) is 5.73 Å². The molecule has 278 valence electrons. The van der Waals surface area contributed by atoms with E-state index >= 15 is 0 Å². The molecule has 0 amide bonds. The summed E-state index contributed by atoms with van der Waals surface area (Å²) in [7, 11) is 0. The van der Waals surface area contributed by atoms with Crippen molar-refractivity contribution in [3.8, 4) is 11.1 Å². The molecule has 2 N–H and O–H groups in total. The van der Waals surface area contributed by atoms with Gasteiger partial charge in [0.15, 0.2) is 0 Å². The summed E-state index contributed by atoms with van der Waals surface area (Å²) in [5.74, 6) is 0. The molecule has 0 spiro atoms. The summed E-state index contributed by atoms with van der Waals surface area (Å²) in [6.45, 7) is 25.2. The molecule has 2 nitrogen and oxygen atoms in total. The standard InChI is InChI=1S/C47H38N2.3C2H6/c1-4-35(32-48)39-24-22-36-23-25-40(30-43(36)29-39)38-15-7-5-8-16-41-31-42(47-21-13-17-37-14-11-12-20-46(37)47)26-27-45(41)34(3)49(33(2)28-38)44-18-9-6-10-19-44;3*1-2/h4,6-32H,1-3,5,48H2;3*1-2H3/b15-7-,16-8-,35-32+,38-28+;;;. The minimum atomic E-state index is 0.776. The van der Waals surface area contributed by atoms with E-state index in [0.29, 0.717) is 0 Å². The van der Waals surface area contributed by atoms with Crippen molar-refractivity contribution in [1.29, 1.82) is 0 Å². The van der Waals surface area contributed by atoms with E-state index in [-0.39, 0.29) is 0 Å². The van der Waals surface area contributed by atoms with Gasteiger partial charge in [0, 0.05) is 28.8 Å². The van der Waals surface area contributed by atoms with Crippen LogP contribution in [0.3, 0.4) is 0 Å². The minimum Gasteiger partial charge on any atom is -0.404 e. The Morgan fingerprint density at radius 1 is 0.618 bits per heavy atom. The van der Waals surface area contributed by atoms with Gasteiger partial charge >= 0.3 is 0 Å². The number of rotatable bonds is 5. The van der Waals surface area contributed by atoms with Crippen molar-refractivity contribution in [2.45, 2.75) is 48.0 Å². The molecule has 6 aromatic carbocycles. The van der Waals surface area contributed by atoms with Gasteiger partial charge in [0.1, 0.15) is 0 Å². The smallest absolute Gasteiger partial charge is 0.0467 e. The van der Waals surface area contributed by atoms with Crippen LogP contribution in [0.1, 0.15) is 70.2 Å². The summed E-state index contributed by atoms with van der Waals surface area (Å²) in [5, 5.41) is 4.75. The minimum absolute atomic E-state index is 0.776. The zero-order valence-corrected chi connectivity index (χ0v) is 33.5. The maximum atomic E-state index is 5.88. The van der Waals surface area contributed by atoms with Crippen molar-refractivity contribution < 1.29 is 0 Å². The van der Waals surface area contributed by atoms with E-state index < -0.39 is 0 Å². The summed E-state index contributed by atoms with van der Waals surface area (Å²) in [6, 6.07) is 45.0. The topological polar surface area (TPSA) is 29.3 Å². The van der Waals surface area contributed by atoms with Crippen molar-refractivity contribution in [2.75, 3.05) is 4.90 Å². The molecular weight excluding hydrogens is 665 g/mol. The van der Waals surface area contributed by atoms with E-state index in [2.05, 4.69) is 176 Å². The van der Waals surface area contributed by atoms with Gasteiger partial charge in [-0.25, -0.2) is 0 Å². The number of nitrogens with two attached hydrogens (primary N) is 1. The molecule has 0 aliphatic carbocycles. The maximum absolute atomic E-state index is 5.88. The lowest BCUT2D eigenvalue weighted by molar-refractivity contribution is 1.23. The van der Waals surface area contributed by atoms with E-state index in [9.17, 15) is 0 Å². The number of nitrogens with zero attached hydrogens (tertiary/aromatic N) is 1. The highest BCUT2D eigenvalue weighted by atomic mass is 15.1. The summed E-state index contributed by atoms with van der Waals surface area (Å²) < 4.78 is 0. The lowest BCUT2D eigenvalue weighted by Gasteiger charge is -2.29. The Morgan fingerprint density at radius 3 is 2.04 bits per heavy atom. The number of para-hydroxylation sites is 1. The summed E-state index contributed by atoms with van der Waals surface area (Å²) in [5.41, 5.74) is 17.2. The largest absolute Gasteiger partial charge is 0.404 e. The third-order valence-electron chi connectivity index (χ3n) is 9.13. The highest BCUT2D eigenvalue weighted by molar-refractivity contribution is 5.98. The summed E-state index contributed by atoms with van der Waals surface area (Å²) in [6.07, 6.45) is 15.2. The van der Waals surface area contributed by atoms with Crippen LogP contribution >= 0.6 is 0 Å². The average molecular weight is 721 g/mol. The van der Waals surface area contributed by atoms with Gasteiger partial charge in [0.2, 0.25) is 0 Å². The average Bonchev–Trinajstić information content (AvgIpc) is 3.25. The van der Waals surface area contributed by atoms with Crippen molar-refractivity contribution in [1.82, 2.24) is 0 Å². The Bertz CT molecular complexity index is 2360. The van der Waals surface area contributed by atoms with E-state index in [1.807, 2.05) is 47.6 Å². The quantitative estimate of drug-likeness (QED) is 0.180. The Balaban J connectivity index is 0.00000107. The maximum Gasteiger partial charge on any atom is 0.0467 e. The van der Waals surface area contributed by atoms with Crippen LogP contribution < -0.4 is 10.6 Å². The molecule has 0 unspecified atom stereocenters. The fourth-order valence-electron chi connectivity index (χ4n) is 6.63. The van der Waals surface area contributed by atoms with Crippen LogP contribution in [0.15, 0.2) is 189 Å². The zero-order chi connectivity index (χ0) is 39.7. The Hall–Kier alpha value is -6.38. The van der Waals surface area contributed by atoms with Gasteiger partial charge in [0.25, 0.3) is 0 Å².